The molecule has 0 unspecified atom stereocenters. The zero-order valence-electron chi connectivity index (χ0n) is 11.9. The Morgan fingerprint density at radius 3 is 2.90 bits per heavy atom. The van der Waals surface area contributed by atoms with Crippen LogP contribution in [0.5, 0.6) is 0 Å². The number of halogens is 1. The van der Waals surface area contributed by atoms with E-state index in [4.69, 9.17) is 15.2 Å². The Hall–Kier alpha value is -1.94. The molecule has 0 heterocycles. The molecule has 1 aromatic rings. The van der Waals surface area contributed by atoms with Crippen molar-refractivity contribution in [1.82, 2.24) is 5.32 Å². The van der Waals surface area contributed by atoms with Gasteiger partial charge in [0.2, 0.25) is 0 Å². The molecule has 1 rings (SSSR count). The van der Waals surface area contributed by atoms with E-state index < -0.39 is 11.7 Å². The van der Waals surface area contributed by atoms with Gasteiger partial charge < -0.3 is 20.5 Å². The summed E-state index contributed by atoms with van der Waals surface area (Å²) in [5.41, 5.74) is 5.93. The highest BCUT2D eigenvalue weighted by molar-refractivity contribution is 5.96. The van der Waals surface area contributed by atoms with Crippen molar-refractivity contribution in [3.8, 4) is 11.8 Å². The molecule has 0 saturated carbocycles. The van der Waals surface area contributed by atoms with Gasteiger partial charge in [-0.25, -0.2) is 4.39 Å². The third kappa shape index (κ3) is 6.36. The number of rotatable bonds is 7. The fourth-order valence-corrected chi connectivity index (χ4v) is 1.54. The van der Waals surface area contributed by atoms with Crippen LogP contribution in [0.4, 0.5) is 4.39 Å². The fraction of sp³-hybridized carbons (Fsp3) is 0.400. The van der Waals surface area contributed by atoms with Gasteiger partial charge in [0.15, 0.2) is 0 Å². The van der Waals surface area contributed by atoms with Crippen molar-refractivity contribution < 1.29 is 18.7 Å². The molecule has 114 valence electrons. The van der Waals surface area contributed by atoms with Crippen LogP contribution in [0.2, 0.25) is 0 Å². The van der Waals surface area contributed by atoms with Gasteiger partial charge in [-0.05, 0) is 18.2 Å². The van der Waals surface area contributed by atoms with Crippen LogP contribution in [0.1, 0.15) is 15.9 Å². The SMILES string of the molecule is COCCOCCNC(=O)c1cc(F)ccc1C#CCN. The summed E-state index contributed by atoms with van der Waals surface area (Å²) in [4.78, 5) is 12.0. The smallest absolute Gasteiger partial charge is 0.252 e. The average molecular weight is 294 g/mol. The van der Waals surface area contributed by atoms with Gasteiger partial charge in [-0.3, -0.25) is 4.79 Å². The van der Waals surface area contributed by atoms with Gasteiger partial charge in [-0.15, -0.1) is 0 Å². The number of nitrogens with one attached hydrogen (secondary N) is 1. The number of amides is 1. The molecular formula is C15H19FN2O3. The van der Waals surface area contributed by atoms with E-state index in [1.165, 1.54) is 12.1 Å². The molecule has 1 aromatic carbocycles. The first-order chi connectivity index (χ1) is 10.2. The number of nitrogens with two attached hydrogens (primary N) is 1. The highest BCUT2D eigenvalue weighted by Crippen LogP contribution is 2.10. The van der Waals surface area contributed by atoms with Crippen molar-refractivity contribution in [3.05, 3.63) is 35.1 Å². The molecule has 0 aliphatic heterocycles. The predicted octanol–water partition coefficient (Wildman–Crippen LogP) is 0.529. The average Bonchev–Trinajstić information content (AvgIpc) is 2.49. The van der Waals surface area contributed by atoms with Crippen LogP contribution in [0.15, 0.2) is 18.2 Å². The first-order valence-electron chi connectivity index (χ1n) is 6.52. The lowest BCUT2D eigenvalue weighted by atomic mass is 10.1. The maximum atomic E-state index is 13.3. The molecule has 0 radical (unpaired) electrons. The first kappa shape index (κ1) is 17.1. The molecule has 0 aromatic heterocycles. The van der Waals surface area contributed by atoms with E-state index in [0.717, 1.165) is 6.07 Å². The topological polar surface area (TPSA) is 73.6 Å². The summed E-state index contributed by atoms with van der Waals surface area (Å²) in [6, 6.07) is 3.87. The molecule has 0 bridgehead atoms. The van der Waals surface area contributed by atoms with Gasteiger partial charge in [0, 0.05) is 19.2 Å². The second-order valence-electron chi connectivity index (χ2n) is 4.06. The van der Waals surface area contributed by atoms with Crippen LogP contribution in [0.3, 0.4) is 0 Å². The molecule has 0 aliphatic rings. The Morgan fingerprint density at radius 1 is 1.38 bits per heavy atom. The second-order valence-corrected chi connectivity index (χ2v) is 4.06. The number of methoxy groups -OCH3 is 1. The van der Waals surface area contributed by atoms with Crippen LogP contribution in [-0.4, -0.2) is 45.9 Å². The zero-order valence-corrected chi connectivity index (χ0v) is 11.9. The summed E-state index contributed by atoms with van der Waals surface area (Å²) >= 11 is 0. The fourth-order valence-electron chi connectivity index (χ4n) is 1.54. The second kappa shape index (κ2) is 9.88. The van der Waals surface area contributed by atoms with E-state index in [9.17, 15) is 9.18 Å². The zero-order chi connectivity index (χ0) is 15.5. The van der Waals surface area contributed by atoms with E-state index in [2.05, 4.69) is 17.2 Å². The highest BCUT2D eigenvalue weighted by Gasteiger charge is 2.11. The lowest BCUT2D eigenvalue weighted by Crippen LogP contribution is -2.28. The molecule has 6 heteroatoms. The van der Waals surface area contributed by atoms with Gasteiger partial charge in [-0.2, -0.15) is 0 Å². The van der Waals surface area contributed by atoms with Crippen LogP contribution in [0.25, 0.3) is 0 Å². The quantitative estimate of drug-likeness (QED) is 0.568. The Morgan fingerprint density at radius 2 is 2.19 bits per heavy atom. The Bertz CT molecular complexity index is 523. The van der Waals surface area contributed by atoms with Crippen molar-refractivity contribution in [1.29, 1.82) is 0 Å². The summed E-state index contributed by atoms with van der Waals surface area (Å²) in [6.07, 6.45) is 0. The molecule has 0 aliphatic carbocycles. The van der Waals surface area contributed by atoms with E-state index in [-0.39, 0.29) is 12.1 Å². The number of benzene rings is 1. The maximum absolute atomic E-state index is 13.3. The number of hydrogen-bond donors (Lipinski definition) is 2. The van der Waals surface area contributed by atoms with Gasteiger partial charge >= 0.3 is 0 Å². The monoisotopic (exact) mass is 294 g/mol. The Kier molecular flexibility index (Phi) is 8.05. The Balaban J connectivity index is 2.58. The number of hydrogen-bond acceptors (Lipinski definition) is 4. The van der Waals surface area contributed by atoms with E-state index in [0.29, 0.717) is 31.9 Å². The first-order valence-corrected chi connectivity index (χ1v) is 6.52. The van der Waals surface area contributed by atoms with Crippen LogP contribution >= 0.6 is 0 Å². The summed E-state index contributed by atoms with van der Waals surface area (Å²) in [5, 5.41) is 2.65. The molecule has 0 spiro atoms. The summed E-state index contributed by atoms with van der Waals surface area (Å²) < 4.78 is 23.3. The van der Waals surface area contributed by atoms with Gasteiger partial charge in [0.1, 0.15) is 5.82 Å². The predicted molar refractivity (Wildman–Crippen MR) is 77.4 cm³/mol. The Labute approximate surface area is 123 Å². The standard InChI is InChI=1S/C15H19FN2O3/c1-20-9-10-21-8-7-18-15(19)14-11-13(16)5-4-12(14)3-2-6-17/h4-5,11H,6-10,17H2,1H3,(H,18,19). The summed E-state index contributed by atoms with van der Waals surface area (Å²) in [5.74, 6) is 4.51. The molecule has 0 fully saturated rings. The van der Waals surface area contributed by atoms with Gasteiger partial charge in [0.25, 0.3) is 5.91 Å². The van der Waals surface area contributed by atoms with Crippen molar-refractivity contribution in [2.45, 2.75) is 0 Å². The summed E-state index contributed by atoms with van der Waals surface area (Å²) in [7, 11) is 1.58. The lowest BCUT2D eigenvalue weighted by Gasteiger charge is -2.08. The third-order valence-electron chi connectivity index (χ3n) is 2.52. The normalized spacial score (nSPS) is 9.86. The van der Waals surface area contributed by atoms with Crippen molar-refractivity contribution in [2.75, 3.05) is 40.0 Å². The number of ether oxygens (including phenoxy) is 2. The van der Waals surface area contributed by atoms with E-state index in [1.54, 1.807) is 7.11 Å². The molecule has 0 atom stereocenters. The van der Waals surface area contributed by atoms with Crippen molar-refractivity contribution >= 4 is 5.91 Å². The van der Waals surface area contributed by atoms with Crippen LogP contribution < -0.4 is 11.1 Å². The van der Waals surface area contributed by atoms with Crippen molar-refractivity contribution in [2.24, 2.45) is 5.73 Å². The van der Waals surface area contributed by atoms with Gasteiger partial charge in [-0.1, -0.05) is 11.8 Å². The number of carbonyl (C=O) groups is 1. The summed E-state index contributed by atoms with van der Waals surface area (Å²) in [6.45, 7) is 1.80. The molecule has 3 N–H and O–H groups in total. The minimum Gasteiger partial charge on any atom is -0.382 e. The lowest BCUT2D eigenvalue weighted by molar-refractivity contribution is 0.0692. The van der Waals surface area contributed by atoms with Crippen LogP contribution in [0, 0.1) is 17.7 Å². The largest absolute Gasteiger partial charge is 0.382 e. The minimum atomic E-state index is -0.491. The number of carbonyl (C=O) groups excluding carboxylic acids is 1. The minimum absolute atomic E-state index is 0.172. The molecular weight excluding hydrogens is 275 g/mol. The maximum Gasteiger partial charge on any atom is 0.252 e. The molecule has 0 saturated heterocycles. The molecule has 5 nitrogen and oxygen atoms in total. The van der Waals surface area contributed by atoms with Gasteiger partial charge in [0.05, 0.1) is 31.9 Å². The van der Waals surface area contributed by atoms with Crippen LogP contribution in [-0.2, 0) is 9.47 Å². The molecule has 21 heavy (non-hydrogen) atoms. The van der Waals surface area contributed by atoms with E-state index in [1.807, 2.05) is 0 Å². The van der Waals surface area contributed by atoms with Crippen molar-refractivity contribution in [3.63, 3.8) is 0 Å². The van der Waals surface area contributed by atoms with E-state index >= 15 is 0 Å². The highest BCUT2D eigenvalue weighted by atomic mass is 19.1. The molecule has 1 amide bonds. The third-order valence-corrected chi connectivity index (χ3v) is 2.52.